The highest BCUT2D eigenvalue weighted by Gasteiger charge is 2.36. The van der Waals surface area contributed by atoms with Crippen LogP contribution >= 0.6 is 0 Å². The van der Waals surface area contributed by atoms with Crippen LogP contribution < -0.4 is 9.64 Å². The zero-order chi connectivity index (χ0) is 13.3. The summed E-state index contributed by atoms with van der Waals surface area (Å²) in [5.74, 6) is -0.814. The summed E-state index contributed by atoms with van der Waals surface area (Å²) in [5, 5.41) is 0. The number of ketones is 2. The van der Waals surface area contributed by atoms with E-state index in [0.29, 0.717) is 23.4 Å². The van der Waals surface area contributed by atoms with Crippen LogP contribution in [0.2, 0.25) is 0 Å². The number of carbonyl (C=O) groups is 3. The molecule has 1 aromatic rings. The van der Waals surface area contributed by atoms with Crippen LogP contribution in [0.3, 0.4) is 0 Å². The van der Waals surface area contributed by atoms with Gasteiger partial charge in [-0.2, -0.15) is 0 Å². The standard InChI is InChI=1S/C13H13NO4/c1-3-8(15)7-14-11-5-4-9(18-2)6-10(11)12(16)13(14)17/h4-6H,3,7H2,1-2H3. The lowest BCUT2D eigenvalue weighted by Crippen LogP contribution is -2.34. The number of carbonyl (C=O) groups excluding carboxylic acids is 3. The molecule has 0 N–H and O–H groups in total. The summed E-state index contributed by atoms with van der Waals surface area (Å²) in [4.78, 5) is 36.2. The number of benzene rings is 1. The first kappa shape index (κ1) is 12.3. The minimum absolute atomic E-state index is 0.0552. The number of Topliss-reactive ketones (excluding diaryl/α,β-unsaturated/α-hetero) is 2. The van der Waals surface area contributed by atoms with E-state index in [1.54, 1.807) is 19.1 Å². The van der Waals surface area contributed by atoms with Gasteiger partial charge in [-0.15, -0.1) is 0 Å². The summed E-state index contributed by atoms with van der Waals surface area (Å²) in [7, 11) is 1.49. The SMILES string of the molecule is CCC(=O)CN1C(=O)C(=O)c2cc(OC)ccc21. The Bertz CT molecular complexity index is 536. The number of hydrogen-bond acceptors (Lipinski definition) is 4. The van der Waals surface area contributed by atoms with E-state index in [9.17, 15) is 14.4 Å². The maximum absolute atomic E-state index is 11.8. The molecule has 18 heavy (non-hydrogen) atoms. The van der Waals surface area contributed by atoms with Crippen LogP contribution in [-0.2, 0) is 9.59 Å². The molecule has 0 aliphatic carbocycles. The van der Waals surface area contributed by atoms with Gasteiger partial charge in [-0.3, -0.25) is 19.3 Å². The Kier molecular flexibility index (Phi) is 3.14. The Morgan fingerprint density at radius 3 is 2.67 bits per heavy atom. The molecule has 94 valence electrons. The molecule has 0 saturated heterocycles. The van der Waals surface area contributed by atoms with E-state index in [4.69, 9.17) is 4.74 Å². The van der Waals surface area contributed by atoms with Crippen molar-refractivity contribution in [3.05, 3.63) is 23.8 Å². The summed E-state index contributed by atoms with van der Waals surface area (Å²) in [6.07, 6.45) is 0.337. The van der Waals surface area contributed by atoms with Crippen molar-refractivity contribution in [3.8, 4) is 5.75 Å². The fourth-order valence-electron chi connectivity index (χ4n) is 1.85. The first-order chi connectivity index (χ1) is 8.58. The molecule has 0 saturated carbocycles. The Balaban J connectivity index is 2.40. The van der Waals surface area contributed by atoms with Crippen LogP contribution in [0.5, 0.6) is 5.75 Å². The fourth-order valence-corrected chi connectivity index (χ4v) is 1.85. The second kappa shape index (κ2) is 4.60. The molecule has 1 aromatic carbocycles. The van der Waals surface area contributed by atoms with Crippen LogP contribution in [-0.4, -0.2) is 31.1 Å². The summed E-state index contributed by atoms with van der Waals surface area (Å²) >= 11 is 0. The second-order valence-corrected chi connectivity index (χ2v) is 4.00. The first-order valence-electron chi connectivity index (χ1n) is 5.64. The maximum atomic E-state index is 11.8. The maximum Gasteiger partial charge on any atom is 0.299 e. The molecular formula is C13H13NO4. The van der Waals surface area contributed by atoms with Crippen molar-refractivity contribution < 1.29 is 19.1 Å². The molecule has 5 nitrogen and oxygen atoms in total. The molecule has 2 rings (SSSR count). The van der Waals surface area contributed by atoms with Crippen LogP contribution in [0, 0.1) is 0 Å². The molecule has 1 amide bonds. The number of amides is 1. The molecule has 1 aliphatic rings. The zero-order valence-electron chi connectivity index (χ0n) is 10.2. The van der Waals surface area contributed by atoms with Gasteiger partial charge in [0.15, 0.2) is 5.78 Å². The molecule has 0 spiro atoms. The summed E-state index contributed by atoms with van der Waals surface area (Å²) < 4.78 is 5.01. The Morgan fingerprint density at radius 1 is 1.33 bits per heavy atom. The topological polar surface area (TPSA) is 63.7 Å². The van der Waals surface area contributed by atoms with Gasteiger partial charge in [0.05, 0.1) is 24.9 Å². The van der Waals surface area contributed by atoms with Gasteiger partial charge in [0.1, 0.15) is 5.75 Å². The van der Waals surface area contributed by atoms with Gasteiger partial charge in [0.25, 0.3) is 11.7 Å². The van der Waals surface area contributed by atoms with Crippen molar-refractivity contribution >= 4 is 23.2 Å². The van der Waals surface area contributed by atoms with Crippen molar-refractivity contribution in [2.24, 2.45) is 0 Å². The normalized spacial score (nSPS) is 13.8. The average Bonchev–Trinajstić information content (AvgIpc) is 2.63. The minimum Gasteiger partial charge on any atom is -0.497 e. The Hall–Kier alpha value is -2.17. The summed E-state index contributed by atoms with van der Waals surface area (Å²) in [6, 6.07) is 4.81. The number of anilines is 1. The van der Waals surface area contributed by atoms with Crippen LogP contribution in [0.1, 0.15) is 23.7 Å². The van der Waals surface area contributed by atoms with Crippen molar-refractivity contribution in [1.29, 1.82) is 0 Å². The third kappa shape index (κ3) is 1.88. The van der Waals surface area contributed by atoms with Gasteiger partial charge in [-0.25, -0.2) is 0 Å². The highest BCUT2D eigenvalue weighted by atomic mass is 16.5. The van der Waals surface area contributed by atoms with E-state index in [1.807, 2.05) is 0 Å². The van der Waals surface area contributed by atoms with Crippen molar-refractivity contribution in [3.63, 3.8) is 0 Å². The van der Waals surface area contributed by atoms with Crippen molar-refractivity contribution in [1.82, 2.24) is 0 Å². The quantitative estimate of drug-likeness (QED) is 0.750. The molecule has 5 heteroatoms. The van der Waals surface area contributed by atoms with E-state index >= 15 is 0 Å². The number of ether oxygens (including phenoxy) is 1. The van der Waals surface area contributed by atoms with Gasteiger partial charge in [0, 0.05) is 6.42 Å². The highest BCUT2D eigenvalue weighted by molar-refractivity contribution is 6.52. The van der Waals surface area contributed by atoms with Gasteiger partial charge < -0.3 is 4.74 Å². The Morgan fingerprint density at radius 2 is 2.06 bits per heavy atom. The second-order valence-electron chi connectivity index (χ2n) is 4.00. The van der Waals surface area contributed by atoms with E-state index in [2.05, 4.69) is 0 Å². The molecule has 1 aliphatic heterocycles. The predicted octanol–water partition coefficient (Wildman–Crippen LogP) is 1.20. The highest BCUT2D eigenvalue weighted by Crippen LogP contribution is 2.31. The largest absolute Gasteiger partial charge is 0.497 e. The predicted molar refractivity (Wildman–Crippen MR) is 65.0 cm³/mol. The third-order valence-electron chi connectivity index (χ3n) is 2.91. The lowest BCUT2D eigenvalue weighted by Gasteiger charge is -2.15. The average molecular weight is 247 g/mol. The van der Waals surface area contributed by atoms with Crippen LogP contribution in [0.15, 0.2) is 18.2 Å². The number of fused-ring (bicyclic) bond motifs is 1. The molecule has 0 atom stereocenters. The van der Waals surface area contributed by atoms with Gasteiger partial charge in [-0.05, 0) is 18.2 Å². The molecule has 0 fully saturated rings. The first-order valence-corrected chi connectivity index (χ1v) is 5.64. The smallest absolute Gasteiger partial charge is 0.299 e. The molecule has 0 radical (unpaired) electrons. The van der Waals surface area contributed by atoms with E-state index in [-0.39, 0.29) is 12.3 Å². The lowest BCUT2D eigenvalue weighted by atomic mass is 10.1. The summed E-state index contributed by atoms with van der Waals surface area (Å²) in [5.41, 5.74) is 0.774. The number of methoxy groups -OCH3 is 1. The molecule has 1 heterocycles. The van der Waals surface area contributed by atoms with Crippen LogP contribution in [0.25, 0.3) is 0 Å². The van der Waals surface area contributed by atoms with E-state index in [1.165, 1.54) is 18.1 Å². The molecule has 0 bridgehead atoms. The number of rotatable bonds is 4. The van der Waals surface area contributed by atoms with Gasteiger partial charge >= 0.3 is 0 Å². The zero-order valence-corrected chi connectivity index (χ0v) is 10.2. The molecule has 0 unspecified atom stereocenters. The van der Waals surface area contributed by atoms with Gasteiger partial charge in [-0.1, -0.05) is 6.92 Å². The molecule has 0 aromatic heterocycles. The Labute approximate surface area is 104 Å². The van der Waals surface area contributed by atoms with E-state index in [0.717, 1.165) is 0 Å². The van der Waals surface area contributed by atoms with Gasteiger partial charge in [0.2, 0.25) is 0 Å². The van der Waals surface area contributed by atoms with Crippen molar-refractivity contribution in [2.75, 3.05) is 18.6 Å². The summed E-state index contributed by atoms with van der Waals surface area (Å²) in [6.45, 7) is 1.67. The number of nitrogens with zero attached hydrogens (tertiary/aromatic N) is 1. The van der Waals surface area contributed by atoms with Crippen molar-refractivity contribution in [2.45, 2.75) is 13.3 Å². The minimum atomic E-state index is -0.653. The molecular weight excluding hydrogens is 234 g/mol. The van der Waals surface area contributed by atoms with E-state index < -0.39 is 11.7 Å². The monoisotopic (exact) mass is 247 g/mol. The number of hydrogen-bond donors (Lipinski definition) is 0. The lowest BCUT2D eigenvalue weighted by molar-refractivity contribution is -0.120. The van der Waals surface area contributed by atoms with Crippen LogP contribution in [0.4, 0.5) is 5.69 Å². The third-order valence-corrected chi connectivity index (χ3v) is 2.91. The fraction of sp³-hybridized carbons (Fsp3) is 0.308.